The number of methoxy groups -OCH3 is 1. The molecule has 9 nitrogen and oxygen atoms in total. The van der Waals surface area contributed by atoms with Crippen LogP contribution in [0.3, 0.4) is 0 Å². The van der Waals surface area contributed by atoms with Gasteiger partial charge in [-0.15, -0.1) is 0 Å². The van der Waals surface area contributed by atoms with Crippen molar-refractivity contribution in [1.82, 2.24) is 4.68 Å². The van der Waals surface area contributed by atoms with Crippen molar-refractivity contribution < 1.29 is 29.0 Å². The van der Waals surface area contributed by atoms with Gasteiger partial charge in [-0.05, 0) is 48.5 Å². The molecule has 4 rings (SSSR count). The Morgan fingerprint density at radius 1 is 1.12 bits per heavy atom. The zero-order valence-electron chi connectivity index (χ0n) is 17.9. The number of carboxylic acid groups (broad SMARTS) is 1. The highest BCUT2D eigenvalue weighted by atomic mass is 16.5. The summed E-state index contributed by atoms with van der Waals surface area (Å²) in [6, 6.07) is 17.8. The van der Waals surface area contributed by atoms with E-state index in [0.717, 1.165) is 5.56 Å². The topological polar surface area (TPSA) is 119 Å². The van der Waals surface area contributed by atoms with E-state index in [1.54, 1.807) is 60.3 Å². The second-order valence-electron chi connectivity index (χ2n) is 7.50. The van der Waals surface area contributed by atoms with Gasteiger partial charge in [0.25, 0.3) is 5.91 Å². The summed E-state index contributed by atoms with van der Waals surface area (Å²) in [5.74, 6) is -0.606. The van der Waals surface area contributed by atoms with E-state index in [9.17, 15) is 14.4 Å². The molecule has 0 saturated carbocycles. The maximum atomic E-state index is 12.9. The largest absolute Gasteiger partial charge is 0.497 e. The van der Waals surface area contributed by atoms with Gasteiger partial charge in [-0.3, -0.25) is 24.5 Å². The quantitative estimate of drug-likeness (QED) is 0.486. The minimum Gasteiger partial charge on any atom is -0.497 e. The number of hydrogen-bond acceptors (Lipinski definition) is 5. The predicted molar refractivity (Wildman–Crippen MR) is 121 cm³/mol. The number of carbonyl (C=O) groups is 3. The van der Waals surface area contributed by atoms with Crippen molar-refractivity contribution in [3.8, 4) is 22.8 Å². The van der Waals surface area contributed by atoms with Crippen molar-refractivity contribution >= 4 is 23.5 Å². The summed E-state index contributed by atoms with van der Waals surface area (Å²) in [4.78, 5) is 36.4. The normalized spacial score (nSPS) is 14.6. The van der Waals surface area contributed by atoms with Gasteiger partial charge in [-0.25, -0.2) is 0 Å². The van der Waals surface area contributed by atoms with Gasteiger partial charge >= 0.3 is 5.97 Å². The smallest absolute Gasteiger partial charge is 0.303 e. The number of para-hydroxylation sites is 2. The number of anilines is 1. The number of aryl methyl sites for hydroxylation is 1. The Kier molecular flexibility index (Phi) is 6.30. The first kappa shape index (κ1) is 21.9. The van der Waals surface area contributed by atoms with Crippen LogP contribution >= 0.6 is 0 Å². The van der Waals surface area contributed by atoms with Crippen LogP contribution in [0.15, 0.2) is 60.7 Å². The first-order chi connectivity index (χ1) is 15.9. The highest BCUT2D eigenvalue weighted by Gasteiger charge is 2.30. The third-order valence-electron chi connectivity index (χ3n) is 5.26. The molecule has 0 bridgehead atoms. The minimum absolute atomic E-state index is 0.0904. The van der Waals surface area contributed by atoms with E-state index in [-0.39, 0.29) is 19.3 Å². The summed E-state index contributed by atoms with van der Waals surface area (Å²) in [6.07, 6.45) is -1.06. The molecule has 2 amide bonds. The second-order valence-corrected chi connectivity index (χ2v) is 7.50. The van der Waals surface area contributed by atoms with E-state index < -0.39 is 23.9 Å². The Balaban J connectivity index is 1.55. The predicted octanol–water partition coefficient (Wildman–Crippen LogP) is 3.04. The Bertz CT molecular complexity index is 1190. The van der Waals surface area contributed by atoms with E-state index in [4.69, 9.17) is 14.6 Å². The monoisotopic (exact) mass is 449 g/mol. The SMILES string of the molecule is COc1ccc(-c2ccc(CCC(=O)O)n2NC(=O)C[C@@H]2Oc3ccccc3NC2=O)cc1. The third kappa shape index (κ3) is 4.98. The molecule has 1 atom stereocenters. The molecule has 1 aliphatic heterocycles. The molecular weight excluding hydrogens is 426 g/mol. The van der Waals surface area contributed by atoms with E-state index in [2.05, 4.69) is 10.7 Å². The van der Waals surface area contributed by atoms with Gasteiger partial charge in [0.05, 0.1) is 31.3 Å². The number of aliphatic carboxylic acids is 1. The first-order valence-corrected chi connectivity index (χ1v) is 10.4. The first-order valence-electron chi connectivity index (χ1n) is 10.4. The van der Waals surface area contributed by atoms with Crippen LogP contribution in [-0.2, 0) is 20.8 Å². The molecule has 3 aromatic rings. The van der Waals surface area contributed by atoms with Crippen molar-refractivity contribution in [2.45, 2.75) is 25.4 Å². The zero-order valence-corrected chi connectivity index (χ0v) is 17.9. The van der Waals surface area contributed by atoms with Crippen LogP contribution in [0.1, 0.15) is 18.5 Å². The molecule has 3 N–H and O–H groups in total. The number of amides is 2. The molecule has 170 valence electrons. The number of nitrogens with one attached hydrogen (secondary N) is 2. The van der Waals surface area contributed by atoms with Crippen LogP contribution in [0.4, 0.5) is 5.69 Å². The minimum atomic E-state index is -0.984. The molecule has 0 spiro atoms. The average molecular weight is 449 g/mol. The fraction of sp³-hybridized carbons (Fsp3) is 0.208. The van der Waals surface area contributed by atoms with Gasteiger partial charge in [0.15, 0.2) is 6.10 Å². The van der Waals surface area contributed by atoms with Gasteiger partial charge in [-0.2, -0.15) is 0 Å². The van der Waals surface area contributed by atoms with E-state index >= 15 is 0 Å². The van der Waals surface area contributed by atoms with Gasteiger partial charge in [0, 0.05) is 17.7 Å². The summed E-state index contributed by atoms with van der Waals surface area (Å²) in [5.41, 5.74) is 5.45. The van der Waals surface area contributed by atoms with E-state index in [0.29, 0.717) is 28.6 Å². The fourth-order valence-corrected chi connectivity index (χ4v) is 3.59. The molecule has 33 heavy (non-hydrogen) atoms. The van der Waals surface area contributed by atoms with E-state index in [1.165, 1.54) is 0 Å². The maximum absolute atomic E-state index is 12.9. The Labute approximate surface area is 189 Å². The van der Waals surface area contributed by atoms with E-state index in [1.807, 2.05) is 12.1 Å². The number of fused-ring (bicyclic) bond motifs is 1. The second kappa shape index (κ2) is 9.47. The van der Waals surface area contributed by atoms with Crippen molar-refractivity contribution in [1.29, 1.82) is 0 Å². The van der Waals surface area contributed by atoms with Crippen LogP contribution in [-0.4, -0.2) is 40.8 Å². The number of nitrogens with zero attached hydrogens (tertiary/aromatic N) is 1. The number of benzene rings is 2. The summed E-state index contributed by atoms with van der Waals surface area (Å²) >= 11 is 0. The number of hydrogen-bond donors (Lipinski definition) is 3. The van der Waals surface area contributed by atoms with Crippen LogP contribution in [0.5, 0.6) is 11.5 Å². The van der Waals surface area contributed by atoms with Crippen molar-refractivity contribution in [3.63, 3.8) is 0 Å². The average Bonchev–Trinajstić information content (AvgIpc) is 3.20. The Morgan fingerprint density at radius 3 is 2.61 bits per heavy atom. The molecule has 9 heteroatoms. The Hall–Kier alpha value is -4.27. The van der Waals surface area contributed by atoms with Crippen molar-refractivity contribution in [3.05, 3.63) is 66.4 Å². The van der Waals surface area contributed by atoms with Gasteiger partial charge in [-0.1, -0.05) is 12.1 Å². The molecule has 1 aliphatic rings. The van der Waals surface area contributed by atoms with Crippen LogP contribution in [0, 0.1) is 0 Å². The number of carboxylic acids is 1. The summed E-state index contributed by atoms with van der Waals surface area (Å²) in [7, 11) is 1.57. The van der Waals surface area contributed by atoms with Crippen molar-refractivity contribution in [2.24, 2.45) is 0 Å². The summed E-state index contributed by atoms with van der Waals surface area (Å²) in [6.45, 7) is 0. The molecule has 1 aromatic heterocycles. The highest BCUT2D eigenvalue weighted by Crippen LogP contribution is 2.30. The van der Waals surface area contributed by atoms with Crippen LogP contribution in [0.25, 0.3) is 11.3 Å². The lowest BCUT2D eigenvalue weighted by Gasteiger charge is -2.25. The lowest BCUT2D eigenvalue weighted by molar-refractivity contribution is -0.137. The molecular formula is C24H23N3O6. The number of aromatic nitrogens is 1. The van der Waals surface area contributed by atoms with Crippen molar-refractivity contribution in [2.75, 3.05) is 17.9 Å². The van der Waals surface area contributed by atoms with Crippen LogP contribution in [0.2, 0.25) is 0 Å². The molecule has 0 saturated heterocycles. The lowest BCUT2D eigenvalue weighted by Crippen LogP contribution is -2.40. The lowest BCUT2D eigenvalue weighted by atomic mass is 10.1. The molecule has 0 aliphatic carbocycles. The molecule has 0 fully saturated rings. The molecule has 0 unspecified atom stereocenters. The Morgan fingerprint density at radius 2 is 1.88 bits per heavy atom. The summed E-state index contributed by atoms with van der Waals surface area (Å²) < 4.78 is 12.5. The molecule has 2 heterocycles. The molecule has 0 radical (unpaired) electrons. The highest BCUT2D eigenvalue weighted by molar-refractivity contribution is 6.00. The van der Waals surface area contributed by atoms with Gasteiger partial charge in [0.2, 0.25) is 5.91 Å². The fourth-order valence-electron chi connectivity index (χ4n) is 3.59. The standard InChI is InChI=1S/C24H23N3O6/c1-32-17-10-6-15(7-11-17)19-12-8-16(9-13-23(29)30)27(19)26-22(28)14-21-24(31)25-18-4-2-3-5-20(18)33-21/h2-8,10-12,21H,9,13-14H2,1H3,(H,25,31)(H,26,28)(H,29,30)/t21-/m0/s1. The number of carbonyl (C=O) groups excluding carboxylic acids is 2. The van der Waals surface area contributed by atoms with Gasteiger partial charge < -0.3 is 19.9 Å². The van der Waals surface area contributed by atoms with Crippen LogP contribution < -0.4 is 20.2 Å². The number of ether oxygens (including phenoxy) is 2. The zero-order chi connectivity index (χ0) is 23.4. The molecule has 2 aromatic carbocycles. The number of rotatable bonds is 8. The van der Waals surface area contributed by atoms with Gasteiger partial charge in [0.1, 0.15) is 11.5 Å². The maximum Gasteiger partial charge on any atom is 0.303 e. The third-order valence-corrected chi connectivity index (χ3v) is 5.26. The summed E-state index contributed by atoms with van der Waals surface area (Å²) in [5, 5.41) is 11.8.